The van der Waals surface area contributed by atoms with Gasteiger partial charge >= 0.3 is 58.4 Å². The molecule has 0 N–H and O–H groups in total. The Morgan fingerprint density at radius 3 is 2.29 bits per heavy atom. The minimum atomic E-state index is -5.19. The quantitative estimate of drug-likeness (QED) is 0.636. The number of ether oxygens (including phenoxy) is 1. The predicted molar refractivity (Wildman–Crippen MR) is 74.3 cm³/mol. The Morgan fingerprint density at radius 1 is 1.24 bits per heavy atom. The van der Waals surface area contributed by atoms with E-state index in [0.717, 1.165) is 6.07 Å². The van der Waals surface area contributed by atoms with Gasteiger partial charge in [0, 0.05) is 0 Å². The second-order valence-electron chi connectivity index (χ2n) is 4.88. The first-order valence-corrected chi connectivity index (χ1v) is 7.90. The van der Waals surface area contributed by atoms with E-state index in [1.54, 1.807) is 6.92 Å². The van der Waals surface area contributed by atoms with Crippen molar-refractivity contribution in [1.29, 1.82) is 0 Å². The molecule has 1 rings (SSSR count). The molecule has 3 nitrogen and oxygen atoms in total. The number of aryl methyl sites for hydroxylation is 1. The molecule has 0 atom stereocenters. The topological polar surface area (TPSA) is 43.4 Å². The molecule has 0 spiro atoms. The minimum absolute atomic E-state index is 0. The van der Waals surface area contributed by atoms with E-state index < -0.39 is 27.5 Å². The van der Waals surface area contributed by atoms with E-state index in [0.29, 0.717) is 5.56 Å². The van der Waals surface area contributed by atoms with Gasteiger partial charge in [-0.25, -0.2) is 8.42 Å². The summed E-state index contributed by atoms with van der Waals surface area (Å²) in [7, 11) is -3.33. The smallest absolute Gasteiger partial charge is 0.496 e. The summed E-state index contributed by atoms with van der Waals surface area (Å²) in [5.41, 5.74) is -0.353. The molecular weight excluding hydrogens is 331 g/mol. The molecule has 0 aliphatic carbocycles. The average Bonchev–Trinajstić information content (AvgIpc) is 2.29. The molecular formula is C12H17BF3KO3S. The van der Waals surface area contributed by atoms with Gasteiger partial charge in [-0.2, -0.15) is 0 Å². The maximum atomic E-state index is 12.9. The summed E-state index contributed by atoms with van der Waals surface area (Å²) in [6.45, 7) is -0.888. The summed E-state index contributed by atoms with van der Waals surface area (Å²) < 4.78 is 66.8. The first-order chi connectivity index (χ1) is 9.04. The van der Waals surface area contributed by atoms with E-state index >= 15 is 0 Å². The van der Waals surface area contributed by atoms with E-state index in [9.17, 15) is 21.4 Å². The van der Waals surface area contributed by atoms with Crippen molar-refractivity contribution in [3.05, 3.63) is 23.8 Å². The van der Waals surface area contributed by atoms with Crippen LogP contribution in [0.25, 0.3) is 0 Å². The summed E-state index contributed by atoms with van der Waals surface area (Å²) in [5, 5.41) is -0.574. The second-order valence-corrected chi connectivity index (χ2v) is 7.56. The first kappa shape index (κ1) is 21.5. The Morgan fingerprint density at radius 2 is 1.81 bits per heavy atom. The third kappa shape index (κ3) is 6.62. The summed E-state index contributed by atoms with van der Waals surface area (Å²) in [6, 6.07) is 3.73. The van der Waals surface area contributed by atoms with Gasteiger partial charge in [0.25, 0.3) is 0 Å². The van der Waals surface area contributed by atoms with Crippen LogP contribution in [0.15, 0.2) is 18.2 Å². The van der Waals surface area contributed by atoms with Crippen molar-refractivity contribution in [1.82, 2.24) is 0 Å². The van der Waals surface area contributed by atoms with Crippen molar-refractivity contribution < 1.29 is 77.5 Å². The molecule has 0 aromatic heterocycles. The van der Waals surface area contributed by atoms with Crippen LogP contribution in [0.4, 0.5) is 12.9 Å². The Labute approximate surface area is 166 Å². The molecule has 0 saturated heterocycles. The normalized spacial score (nSPS) is 12.1. The summed E-state index contributed by atoms with van der Waals surface area (Å²) in [4.78, 5) is 0. The van der Waals surface area contributed by atoms with Crippen LogP contribution in [-0.4, -0.2) is 33.0 Å². The molecule has 0 radical (unpaired) electrons. The number of halogens is 3. The average molecular weight is 348 g/mol. The van der Waals surface area contributed by atoms with Gasteiger partial charge in [-0.15, -0.1) is 0 Å². The monoisotopic (exact) mass is 348 g/mol. The third-order valence-electron chi connectivity index (χ3n) is 2.86. The molecule has 0 unspecified atom stereocenters. The fraction of sp³-hybridized carbons (Fsp3) is 0.500. The van der Waals surface area contributed by atoms with Gasteiger partial charge in [0.05, 0.1) is 16.8 Å². The summed E-state index contributed by atoms with van der Waals surface area (Å²) in [5.74, 6) is -0.620. The molecule has 1 aromatic carbocycles. The Bertz CT molecular complexity index is 574. The van der Waals surface area contributed by atoms with Gasteiger partial charge in [-0.3, -0.25) is 0 Å². The minimum Gasteiger partial charge on any atom is -0.496 e. The zero-order chi connectivity index (χ0) is 15.6. The van der Waals surface area contributed by atoms with Gasteiger partial charge in [0.2, 0.25) is 0 Å². The van der Waals surface area contributed by atoms with Crippen LogP contribution in [0, 0.1) is 6.92 Å². The van der Waals surface area contributed by atoms with E-state index in [4.69, 9.17) is 4.74 Å². The summed E-state index contributed by atoms with van der Waals surface area (Å²) >= 11 is 0. The summed E-state index contributed by atoms with van der Waals surface area (Å²) in [6.07, 6.45) is 0. The van der Waals surface area contributed by atoms with Crippen molar-refractivity contribution in [2.45, 2.75) is 26.0 Å². The van der Waals surface area contributed by atoms with Gasteiger partial charge in [0.15, 0.2) is 9.84 Å². The number of sulfone groups is 1. The van der Waals surface area contributed by atoms with E-state index in [1.165, 1.54) is 26.0 Å². The van der Waals surface area contributed by atoms with Crippen molar-refractivity contribution in [3.63, 3.8) is 0 Å². The van der Waals surface area contributed by atoms with Crippen molar-refractivity contribution in [3.8, 4) is 5.75 Å². The molecule has 0 aliphatic heterocycles. The molecule has 9 heteroatoms. The van der Waals surface area contributed by atoms with Crippen molar-refractivity contribution in [2.24, 2.45) is 0 Å². The van der Waals surface area contributed by atoms with Gasteiger partial charge < -0.3 is 17.7 Å². The SMILES string of the molecule is Cc1ccc(OCCS(=O)(=O)C(C)C)c([B-](F)(F)F)c1.[K+]. The van der Waals surface area contributed by atoms with Crippen LogP contribution >= 0.6 is 0 Å². The van der Waals surface area contributed by atoms with Gasteiger partial charge in [0.1, 0.15) is 6.61 Å². The van der Waals surface area contributed by atoms with Crippen LogP contribution in [0.5, 0.6) is 5.75 Å². The van der Waals surface area contributed by atoms with Gasteiger partial charge in [-0.05, 0) is 26.8 Å². The molecule has 0 heterocycles. The third-order valence-corrected chi connectivity index (χ3v) is 5.03. The maximum absolute atomic E-state index is 12.9. The zero-order valence-corrected chi connectivity index (χ0v) is 16.5. The maximum Gasteiger partial charge on any atom is 1.00 e. The fourth-order valence-corrected chi connectivity index (χ4v) is 2.35. The molecule has 0 aliphatic rings. The number of hydrogen-bond donors (Lipinski definition) is 0. The van der Waals surface area contributed by atoms with Crippen molar-refractivity contribution in [2.75, 3.05) is 12.4 Å². The van der Waals surface area contributed by atoms with Crippen LogP contribution in [0.3, 0.4) is 0 Å². The van der Waals surface area contributed by atoms with E-state index in [1.807, 2.05) is 0 Å². The number of hydrogen-bond acceptors (Lipinski definition) is 3. The second kappa shape index (κ2) is 8.35. The number of rotatable bonds is 6. The Hall–Kier alpha value is 0.461. The Balaban J connectivity index is 0.00000400. The largest absolute Gasteiger partial charge is 1.00 e. The van der Waals surface area contributed by atoms with E-state index in [2.05, 4.69) is 0 Å². The molecule has 1 aromatic rings. The first-order valence-electron chi connectivity index (χ1n) is 6.19. The zero-order valence-electron chi connectivity index (χ0n) is 12.6. The van der Waals surface area contributed by atoms with Crippen LogP contribution in [0.2, 0.25) is 0 Å². The Kier molecular flexibility index (Phi) is 8.54. The standard InChI is InChI=1S/C12H17BF3O3S.K/c1-9(2)20(17,18)7-6-19-12-5-4-10(3)8-11(12)13(14,15)16;/h4-5,8-9H,6-7H2,1-3H3;/q-1;+1. The molecule has 0 amide bonds. The molecule has 21 heavy (non-hydrogen) atoms. The van der Waals surface area contributed by atoms with Crippen molar-refractivity contribution >= 4 is 22.3 Å². The molecule has 0 saturated carbocycles. The van der Waals surface area contributed by atoms with Crippen LogP contribution < -0.4 is 61.6 Å². The fourth-order valence-electron chi connectivity index (χ4n) is 1.56. The van der Waals surface area contributed by atoms with E-state index in [-0.39, 0.29) is 69.5 Å². The molecule has 0 bridgehead atoms. The molecule has 114 valence electrons. The molecule has 0 fully saturated rings. The van der Waals surface area contributed by atoms with Crippen LogP contribution in [-0.2, 0) is 9.84 Å². The predicted octanol–water partition coefficient (Wildman–Crippen LogP) is -0.745. The van der Waals surface area contributed by atoms with Gasteiger partial charge in [-0.1, -0.05) is 23.2 Å². The number of benzene rings is 1. The van der Waals surface area contributed by atoms with Crippen LogP contribution in [0.1, 0.15) is 19.4 Å².